The van der Waals surface area contributed by atoms with Crippen molar-refractivity contribution in [2.24, 2.45) is 11.8 Å². The van der Waals surface area contributed by atoms with Crippen molar-refractivity contribution >= 4 is 28.3 Å². The molecule has 2 unspecified atom stereocenters. The number of halogens is 1. The largest absolute Gasteiger partial charge is 0.360 e. The maximum atomic E-state index is 12.6. The third-order valence-corrected chi connectivity index (χ3v) is 4.43. The Bertz CT molecular complexity index is 602. The summed E-state index contributed by atoms with van der Waals surface area (Å²) in [6.07, 6.45) is 5.14. The zero-order chi connectivity index (χ0) is 12.7. The number of benzene rings is 1. The van der Waals surface area contributed by atoms with Crippen LogP contribution in [0.3, 0.4) is 0 Å². The van der Waals surface area contributed by atoms with Crippen LogP contribution in [0.15, 0.2) is 24.4 Å². The van der Waals surface area contributed by atoms with Gasteiger partial charge in [0.15, 0.2) is 5.78 Å². The van der Waals surface area contributed by atoms with Gasteiger partial charge < -0.3 is 4.98 Å². The molecule has 1 N–H and O–H groups in total. The van der Waals surface area contributed by atoms with Crippen LogP contribution in [0.4, 0.5) is 0 Å². The Labute approximate surface area is 111 Å². The minimum absolute atomic E-state index is 0.167. The van der Waals surface area contributed by atoms with E-state index >= 15 is 0 Å². The van der Waals surface area contributed by atoms with Gasteiger partial charge in [-0.3, -0.25) is 4.79 Å². The fourth-order valence-corrected chi connectivity index (χ4v) is 3.35. The van der Waals surface area contributed by atoms with Crippen LogP contribution >= 0.6 is 11.6 Å². The average Bonchev–Trinajstić information content (AvgIpc) is 2.95. The molecule has 0 spiro atoms. The second-order valence-corrected chi connectivity index (χ2v) is 5.65. The number of hydrogen-bond donors (Lipinski definition) is 1. The molecule has 18 heavy (non-hydrogen) atoms. The highest BCUT2D eigenvalue weighted by Crippen LogP contribution is 2.36. The monoisotopic (exact) mass is 261 g/mol. The Morgan fingerprint density at radius 1 is 1.39 bits per heavy atom. The van der Waals surface area contributed by atoms with Gasteiger partial charge in [0.25, 0.3) is 0 Å². The zero-order valence-electron chi connectivity index (χ0n) is 10.4. The van der Waals surface area contributed by atoms with Gasteiger partial charge in [-0.25, -0.2) is 0 Å². The minimum Gasteiger partial charge on any atom is -0.360 e. The summed E-state index contributed by atoms with van der Waals surface area (Å²) in [5.41, 5.74) is 1.70. The summed E-state index contributed by atoms with van der Waals surface area (Å²) in [5, 5.41) is 1.53. The van der Waals surface area contributed by atoms with Gasteiger partial charge in [-0.15, -0.1) is 0 Å². The molecule has 0 aliphatic heterocycles. The summed E-state index contributed by atoms with van der Waals surface area (Å²) in [6.45, 7) is 2.17. The molecule has 3 rings (SSSR count). The van der Waals surface area contributed by atoms with Crippen molar-refractivity contribution in [3.8, 4) is 0 Å². The number of nitrogens with one attached hydrogen (secondary N) is 1. The maximum absolute atomic E-state index is 12.6. The number of aromatic amines is 1. The average molecular weight is 262 g/mol. The summed E-state index contributed by atoms with van der Waals surface area (Å²) in [5.74, 6) is 0.907. The van der Waals surface area contributed by atoms with Crippen molar-refractivity contribution in [2.75, 3.05) is 0 Å². The van der Waals surface area contributed by atoms with Crippen LogP contribution in [0.1, 0.15) is 36.5 Å². The lowest BCUT2D eigenvalue weighted by Crippen LogP contribution is -2.16. The van der Waals surface area contributed by atoms with Gasteiger partial charge in [0.1, 0.15) is 0 Å². The van der Waals surface area contributed by atoms with E-state index in [9.17, 15) is 4.79 Å². The molecule has 1 aliphatic rings. The number of aromatic nitrogens is 1. The first-order valence-electron chi connectivity index (χ1n) is 6.48. The van der Waals surface area contributed by atoms with Crippen LogP contribution < -0.4 is 0 Å². The summed E-state index contributed by atoms with van der Waals surface area (Å²) in [7, 11) is 0. The lowest BCUT2D eigenvalue weighted by Gasteiger charge is -2.13. The number of rotatable bonds is 2. The Morgan fingerprint density at radius 2 is 2.22 bits per heavy atom. The second-order valence-electron chi connectivity index (χ2n) is 5.24. The van der Waals surface area contributed by atoms with E-state index < -0.39 is 0 Å². The molecule has 0 saturated heterocycles. The van der Waals surface area contributed by atoms with Crippen LogP contribution in [0, 0.1) is 11.8 Å². The van der Waals surface area contributed by atoms with Crippen molar-refractivity contribution in [1.82, 2.24) is 4.98 Å². The first-order valence-corrected chi connectivity index (χ1v) is 6.86. The highest BCUT2D eigenvalue weighted by Gasteiger charge is 2.31. The molecule has 0 radical (unpaired) electrons. The van der Waals surface area contributed by atoms with Crippen molar-refractivity contribution in [2.45, 2.75) is 26.2 Å². The highest BCUT2D eigenvalue weighted by molar-refractivity contribution is 6.37. The first kappa shape index (κ1) is 11.8. The van der Waals surface area contributed by atoms with Gasteiger partial charge >= 0.3 is 0 Å². The van der Waals surface area contributed by atoms with E-state index in [1.807, 2.05) is 24.4 Å². The van der Waals surface area contributed by atoms with E-state index in [1.165, 1.54) is 0 Å². The van der Waals surface area contributed by atoms with E-state index in [0.717, 1.165) is 35.7 Å². The maximum Gasteiger partial charge on any atom is 0.168 e. The molecule has 1 aromatic carbocycles. The molecule has 1 fully saturated rings. The smallest absolute Gasteiger partial charge is 0.168 e. The molecule has 1 aliphatic carbocycles. The van der Waals surface area contributed by atoms with Crippen LogP contribution in [-0.4, -0.2) is 10.8 Å². The van der Waals surface area contributed by atoms with Gasteiger partial charge in [-0.1, -0.05) is 31.0 Å². The first-order chi connectivity index (χ1) is 8.68. The molecule has 0 bridgehead atoms. The van der Waals surface area contributed by atoms with Crippen LogP contribution in [-0.2, 0) is 0 Å². The molecule has 1 saturated carbocycles. The van der Waals surface area contributed by atoms with Crippen LogP contribution in [0.2, 0.25) is 5.02 Å². The molecule has 1 aromatic heterocycles. The van der Waals surface area contributed by atoms with Gasteiger partial charge in [-0.05, 0) is 30.9 Å². The Morgan fingerprint density at radius 3 is 2.94 bits per heavy atom. The third-order valence-electron chi connectivity index (χ3n) is 4.12. The molecule has 3 heteroatoms. The lowest BCUT2D eigenvalue weighted by molar-refractivity contribution is 0.0899. The lowest BCUT2D eigenvalue weighted by atomic mass is 9.89. The van der Waals surface area contributed by atoms with Crippen molar-refractivity contribution in [3.05, 3.63) is 35.0 Å². The third kappa shape index (κ3) is 1.76. The molecule has 0 amide bonds. The van der Waals surface area contributed by atoms with E-state index in [4.69, 9.17) is 11.6 Å². The summed E-state index contributed by atoms with van der Waals surface area (Å²) in [4.78, 5) is 15.7. The Kier molecular flexibility index (Phi) is 2.90. The van der Waals surface area contributed by atoms with Crippen LogP contribution in [0.25, 0.3) is 10.9 Å². The van der Waals surface area contributed by atoms with Gasteiger partial charge in [0.05, 0.1) is 5.02 Å². The predicted molar refractivity (Wildman–Crippen MR) is 74.1 cm³/mol. The number of H-pyrrole nitrogens is 1. The summed E-state index contributed by atoms with van der Waals surface area (Å²) in [6, 6.07) is 5.69. The molecule has 2 atom stereocenters. The fraction of sp³-hybridized carbons (Fsp3) is 0.400. The van der Waals surface area contributed by atoms with E-state index in [1.54, 1.807) is 0 Å². The Hall–Kier alpha value is -1.28. The normalized spacial score (nSPS) is 23.7. The van der Waals surface area contributed by atoms with Crippen molar-refractivity contribution in [3.63, 3.8) is 0 Å². The predicted octanol–water partition coefficient (Wildman–Crippen LogP) is 4.44. The van der Waals surface area contributed by atoms with E-state index in [-0.39, 0.29) is 11.7 Å². The quantitative estimate of drug-likeness (QED) is 0.797. The van der Waals surface area contributed by atoms with E-state index in [0.29, 0.717) is 10.9 Å². The van der Waals surface area contributed by atoms with Gasteiger partial charge in [0.2, 0.25) is 0 Å². The molecule has 94 valence electrons. The van der Waals surface area contributed by atoms with Crippen molar-refractivity contribution in [1.29, 1.82) is 0 Å². The second kappa shape index (κ2) is 4.43. The standard InChI is InChI=1S/C15H16ClNO/c1-9-4-2-5-10(9)15(18)11-8-17-13-7-3-6-12(16)14(11)13/h3,6-10,17H,2,4-5H2,1H3. The molecular weight excluding hydrogens is 246 g/mol. The number of carbonyl (C=O) groups is 1. The number of fused-ring (bicyclic) bond motifs is 1. The molecule has 2 nitrogen and oxygen atoms in total. The molecular formula is C15H16ClNO. The van der Waals surface area contributed by atoms with Gasteiger partial charge in [0, 0.05) is 28.6 Å². The van der Waals surface area contributed by atoms with Crippen LogP contribution in [0.5, 0.6) is 0 Å². The van der Waals surface area contributed by atoms with Gasteiger partial charge in [-0.2, -0.15) is 0 Å². The molecule has 2 aromatic rings. The number of Topliss-reactive ketones (excluding diaryl/α,β-unsaturated/α-hetero) is 1. The fourth-order valence-electron chi connectivity index (χ4n) is 3.07. The van der Waals surface area contributed by atoms with E-state index in [2.05, 4.69) is 11.9 Å². The minimum atomic E-state index is 0.167. The van der Waals surface area contributed by atoms with Crippen molar-refractivity contribution < 1.29 is 4.79 Å². The SMILES string of the molecule is CC1CCCC1C(=O)c1c[nH]c2cccc(Cl)c12. The highest BCUT2D eigenvalue weighted by atomic mass is 35.5. The zero-order valence-corrected chi connectivity index (χ0v) is 11.1. The number of ketones is 1. The number of hydrogen-bond acceptors (Lipinski definition) is 1. The molecule has 1 heterocycles. The Balaban J connectivity index is 2.07. The summed E-state index contributed by atoms with van der Waals surface area (Å²) >= 11 is 6.22. The number of carbonyl (C=O) groups excluding carboxylic acids is 1. The summed E-state index contributed by atoms with van der Waals surface area (Å²) < 4.78 is 0. The topological polar surface area (TPSA) is 32.9 Å².